The summed E-state index contributed by atoms with van der Waals surface area (Å²) in [6, 6.07) is 6.03. The summed E-state index contributed by atoms with van der Waals surface area (Å²) in [6.07, 6.45) is 0.918. The molecular weight excluding hydrogens is 314 g/mol. The average molecular weight is 354 g/mol. The second-order valence-corrected chi connectivity index (χ2v) is 5.66. The molecule has 0 bridgehead atoms. The van der Waals surface area contributed by atoms with Crippen molar-refractivity contribution in [2.24, 2.45) is 0 Å². The highest BCUT2D eigenvalue weighted by Gasteiger charge is 2.16. The minimum absolute atomic E-state index is 0.791. The number of pyridine rings is 1. The van der Waals surface area contributed by atoms with E-state index in [9.17, 15) is 4.79 Å². The van der Waals surface area contributed by atoms with Crippen LogP contribution in [-0.4, -0.2) is 82.1 Å². The first-order valence-corrected chi connectivity index (χ1v) is 9.09. The number of rotatable bonds is 3. The molecule has 1 N–H and O–H groups in total. The van der Waals surface area contributed by atoms with Crippen LogP contribution in [0.2, 0.25) is 0 Å². The first-order valence-electron chi connectivity index (χ1n) is 9.09. The second-order valence-electron chi connectivity index (χ2n) is 5.66. The van der Waals surface area contributed by atoms with E-state index >= 15 is 0 Å². The quantitative estimate of drug-likeness (QED) is 0.844. The fourth-order valence-electron chi connectivity index (χ4n) is 1.76. The molecule has 1 fully saturated rings. The third kappa shape index (κ3) is 13.3. The maximum absolute atomic E-state index is 10.5. The molecule has 1 aromatic rings. The SMILES string of the molecule is CC.CCN(C)C.CNC.Cc1cccc(N2CCN(C=O)CC2)n1. The van der Waals surface area contributed by atoms with Gasteiger partial charge >= 0.3 is 0 Å². The Kier molecular flexibility index (Phi) is 17.6. The van der Waals surface area contributed by atoms with Crippen LogP contribution in [0.4, 0.5) is 5.82 Å². The first-order chi connectivity index (χ1) is 12.0. The van der Waals surface area contributed by atoms with Gasteiger partial charge in [-0.15, -0.1) is 0 Å². The van der Waals surface area contributed by atoms with Crippen molar-refractivity contribution in [3.63, 3.8) is 0 Å². The molecule has 0 atom stereocenters. The van der Waals surface area contributed by atoms with Gasteiger partial charge in [-0.05, 0) is 53.8 Å². The van der Waals surface area contributed by atoms with Gasteiger partial charge < -0.3 is 20.0 Å². The van der Waals surface area contributed by atoms with E-state index in [4.69, 9.17) is 0 Å². The number of hydrogen-bond donors (Lipinski definition) is 1. The normalized spacial score (nSPS) is 12.8. The van der Waals surface area contributed by atoms with Crippen LogP contribution in [0.3, 0.4) is 0 Å². The number of carbonyl (C=O) groups is 1. The van der Waals surface area contributed by atoms with Crippen molar-refractivity contribution >= 4 is 12.2 Å². The van der Waals surface area contributed by atoms with E-state index in [1.54, 1.807) is 4.90 Å². The van der Waals surface area contributed by atoms with Crippen molar-refractivity contribution in [3.05, 3.63) is 23.9 Å². The molecule has 0 radical (unpaired) electrons. The Morgan fingerprint density at radius 2 is 1.64 bits per heavy atom. The number of carbonyl (C=O) groups excluding carboxylic acids is 1. The largest absolute Gasteiger partial charge is 0.353 e. The molecule has 1 aromatic heterocycles. The van der Waals surface area contributed by atoms with Crippen LogP contribution in [-0.2, 0) is 4.79 Å². The summed E-state index contributed by atoms with van der Waals surface area (Å²) in [5, 5.41) is 2.75. The monoisotopic (exact) mass is 353 g/mol. The van der Waals surface area contributed by atoms with Crippen molar-refractivity contribution in [3.8, 4) is 0 Å². The fourth-order valence-corrected chi connectivity index (χ4v) is 1.76. The zero-order valence-corrected chi connectivity index (χ0v) is 17.5. The van der Waals surface area contributed by atoms with Gasteiger partial charge in [0.25, 0.3) is 0 Å². The van der Waals surface area contributed by atoms with Gasteiger partial charge in [-0.25, -0.2) is 4.98 Å². The number of anilines is 1. The number of aryl methyl sites for hydroxylation is 1. The molecule has 1 aliphatic heterocycles. The molecule has 2 heterocycles. The minimum Gasteiger partial charge on any atom is -0.353 e. The van der Waals surface area contributed by atoms with Gasteiger partial charge in [0.1, 0.15) is 5.82 Å². The third-order valence-electron chi connectivity index (χ3n) is 3.29. The van der Waals surface area contributed by atoms with Crippen LogP contribution >= 0.6 is 0 Å². The van der Waals surface area contributed by atoms with Gasteiger partial charge in [-0.1, -0.05) is 26.8 Å². The lowest BCUT2D eigenvalue weighted by Gasteiger charge is -2.33. The summed E-state index contributed by atoms with van der Waals surface area (Å²) in [4.78, 5) is 21.2. The van der Waals surface area contributed by atoms with Crippen LogP contribution < -0.4 is 10.2 Å². The van der Waals surface area contributed by atoms with Gasteiger partial charge in [0.2, 0.25) is 6.41 Å². The molecule has 6 heteroatoms. The summed E-state index contributed by atoms with van der Waals surface area (Å²) >= 11 is 0. The predicted octanol–water partition coefficient (Wildman–Crippen LogP) is 2.10. The van der Waals surface area contributed by atoms with E-state index < -0.39 is 0 Å². The van der Waals surface area contributed by atoms with Crippen molar-refractivity contribution in [1.82, 2.24) is 20.1 Å². The number of amides is 1. The molecule has 1 amide bonds. The molecule has 6 nitrogen and oxygen atoms in total. The van der Waals surface area contributed by atoms with Gasteiger partial charge in [0, 0.05) is 31.9 Å². The predicted molar refractivity (Wildman–Crippen MR) is 109 cm³/mol. The van der Waals surface area contributed by atoms with Crippen LogP contribution in [0.15, 0.2) is 18.2 Å². The fraction of sp³-hybridized carbons (Fsp3) is 0.684. The molecule has 0 aromatic carbocycles. The Bertz CT molecular complexity index is 418. The van der Waals surface area contributed by atoms with E-state index in [2.05, 4.69) is 41.1 Å². The minimum atomic E-state index is 0.791. The smallest absolute Gasteiger partial charge is 0.209 e. The highest BCUT2D eigenvalue weighted by atomic mass is 16.1. The van der Waals surface area contributed by atoms with Crippen LogP contribution in [0.5, 0.6) is 0 Å². The molecule has 1 saturated heterocycles. The lowest BCUT2D eigenvalue weighted by atomic mass is 10.3. The summed E-state index contributed by atoms with van der Waals surface area (Å²) in [5.41, 5.74) is 1.03. The molecule has 0 aliphatic carbocycles. The number of hydrogen-bond acceptors (Lipinski definition) is 5. The van der Waals surface area contributed by atoms with Gasteiger partial charge in [0.05, 0.1) is 0 Å². The van der Waals surface area contributed by atoms with Gasteiger partial charge in [-0.2, -0.15) is 0 Å². The van der Waals surface area contributed by atoms with E-state index in [1.165, 1.54) is 0 Å². The summed E-state index contributed by atoms with van der Waals surface area (Å²) in [6.45, 7) is 12.6. The topological polar surface area (TPSA) is 51.7 Å². The van der Waals surface area contributed by atoms with E-state index in [-0.39, 0.29) is 0 Å². The molecule has 0 saturated carbocycles. The zero-order valence-electron chi connectivity index (χ0n) is 17.5. The van der Waals surface area contributed by atoms with E-state index in [0.29, 0.717) is 0 Å². The number of nitrogens with one attached hydrogen (secondary N) is 1. The highest BCUT2D eigenvalue weighted by molar-refractivity contribution is 5.49. The van der Waals surface area contributed by atoms with Crippen LogP contribution in [0, 0.1) is 6.92 Å². The lowest BCUT2D eigenvalue weighted by Crippen LogP contribution is -2.46. The Labute approximate surface area is 155 Å². The van der Waals surface area contributed by atoms with Gasteiger partial charge in [-0.3, -0.25) is 4.79 Å². The van der Waals surface area contributed by atoms with Gasteiger partial charge in [0.15, 0.2) is 0 Å². The molecule has 0 spiro atoms. The molecule has 1 aliphatic rings. The van der Waals surface area contributed by atoms with Crippen molar-refractivity contribution in [1.29, 1.82) is 0 Å². The van der Waals surface area contributed by atoms with Crippen LogP contribution in [0.25, 0.3) is 0 Å². The van der Waals surface area contributed by atoms with E-state index in [0.717, 1.165) is 50.6 Å². The maximum Gasteiger partial charge on any atom is 0.209 e. The van der Waals surface area contributed by atoms with Crippen molar-refractivity contribution in [2.75, 3.05) is 65.8 Å². The average Bonchev–Trinajstić information content (AvgIpc) is 2.64. The number of aromatic nitrogens is 1. The van der Waals surface area contributed by atoms with Crippen molar-refractivity contribution in [2.45, 2.75) is 27.7 Å². The Hall–Kier alpha value is -1.66. The second kappa shape index (κ2) is 17.2. The molecule has 146 valence electrons. The summed E-state index contributed by atoms with van der Waals surface area (Å²) in [7, 11) is 7.86. The highest BCUT2D eigenvalue weighted by Crippen LogP contribution is 2.13. The molecule has 0 unspecified atom stereocenters. The Morgan fingerprint density at radius 1 is 1.16 bits per heavy atom. The Balaban J connectivity index is 0. The van der Waals surface area contributed by atoms with Crippen molar-refractivity contribution < 1.29 is 4.79 Å². The number of nitrogens with zero attached hydrogens (tertiary/aromatic N) is 4. The first kappa shape index (κ1) is 25.6. The molecule has 25 heavy (non-hydrogen) atoms. The van der Waals surface area contributed by atoms with Crippen LogP contribution in [0.1, 0.15) is 26.5 Å². The molecular formula is C19H39N5O. The maximum atomic E-state index is 10.5. The third-order valence-corrected chi connectivity index (χ3v) is 3.29. The lowest BCUT2D eigenvalue weighted by molar-refractivity contribution is -0.118. The standard InChI is InChI=1S/C11H15N3O.C4H11N.C2H7N.C2H6/c1-10-3-2-4-11(12-10)14-7-5-13(9-15)6-8-14;1-4-5(2)3;1-3-2;1-2/h2-4,9H,5-8H2,1H3;4H2,1-3H3;3H,1-2H3;1-2H3. The zero-order chi connectivity index (χ0) is 19.7. The summed E-state index contributed by atoms with van der Waals surface area (Å²) in [5.74, 6) is 1.01. The number of piperazine rings is 1. The summed E-state index contributed by atoms with van der Waals surface area (Å²) < 4.78 is 0. The Morgan fingerprint density at radius 3 is 2.00 bits per heavy atom. The van der Waals surface area contributed by atoms with E-state index in [1.807, 2.05) is 53.1 Å². The molecule has 2 rings (SSSR count).